The van der Waals surface area contributed by atoms with E-state index in [0.29, 0.717) is 57.7 Å². The fourth-order valence-corrected chi connectivity index (χ4v) is 5.16. The monoisotopic (exact) mass is 398 g/mol. The molecule has 0 spiro atoms. The van der Waals surface area contributed by atoms with Crippen LogP contribution in [0.1, 0.15) is 37.3 Å². The summed E-state index contributed by atoms with van der Waals surface area (Å²) in [6.45, 7) is 1.59. The van der Waals surface area contributed by atoms with Crippen molar-refractivity contribution in [1.82, 2.24) is 29.0 Å². The van der Waals surface area contributed by atoms with Crippen molar-refractivity contribution in [3.05, 3.63) is 30.0 Å². The van der Waals surface area contributed by atoms with Gasteiger partial charge < -0.3 is 4.74 Å². The Bertz CT molecular complexity index is 855. The predicted octanol–water partition coefficient (Wildman–Crippen LogP) is 0.927. The van der Waals surface area contributed by atoms with Crippen LogP contribution in [0, 0.1) is 5.82 Å². The first-order chi connectivity index (χ1) is 13.0. The van der Waals surface area contributed by atoms with E-state index in [1.165, 1.54) is 8.99 Å². The van der Waals surface area contributed by atoms with Crippen molar-refractivity contribution in [2.24, 2.45) is 0 Å². The van der Waals surface area contributed by atoms with E-state index in [4.69, 9.17) is 4.74 Å². The zero-order valence-corrected chi connectivity index (χ0v) is 15.7. The molecule has 1 saturated carbocycles. The zero-order valence-electron chi connectivity index (χ0n) is 14.8. The molecule has 0 unspecified atom stereocenters. The Labute approximate surface area is 157 Å². The van der Waals surface area contributed by atoms with Gasteiger partial charge in [-0.3, -0.25) is 5.10 Å². The van der Waals surface area contributed by atoms with Crippen molar-refractivity contribution < 1.29 is 17.5 Å². The molecule has 2 N–H and O–H groups in total. The van der Waals surface area contributed by atoms with Gasteiger partial charge in [0.25, 0.3) is 10.2 Å². The summed E-state index contributed by atoms with van der Waals surface area (Å²) < 4.78 is 50.4. The summed E-state index contributed by atoms with van der Waals surface area (Å²) in [7, 11) is -3.50. The van der Waals surface area contributed by atoms with Crippen LogP contribution in [0.25, 0.3) is 5.82 Å². The third-order valence-corrected chi connectivity index (χ3v) is 6.87. The first-order valence-corrected chi connectivity index (χ1v) is 10.6. The van der Waals surface area contributed by atoms with Gasteiger partial charge in [0.2, 0.25) is 5.82 Å². The van der Waals surface area contributed by atoms with Gasteiger partial charge in [-0.05, 0) is 31.7 Å². The normalized spacial score (nSPS) is 24.9. The number of hydrogen-bond donors (Lipinski definition) is 2. The van der Waals surface area contributed by atoms with Gasteiger partial charge in [0.1, 0.15) is 0 Å². The molecular weight excluding hydrogens is 375 g/mol. The van der Waals surface area contributed by atoms with Crippen molar-refractivity contribution in [2.45, 2.75) is 37.6 Å². The Morgan fingerprint density at radius 3 is 2.63 bits per heavy atom. The fraction of sp³-hybridized carbons (Fsp3) is 0.625. The number of halogens is 1. The van der Waals surface area contributed by atoms with E-state index < -0.39 is 16.0 Å². The molecule has 3 heterocycles. The third kappa shape index (κ3) is 3.91. The van der Waals surface area contributed by atoms with Crippen LogP contribution in [0.4, 0.5) is 4.39 Å². The van der Waals surface area contributed by atoms with Crippen LogP contribution in [-0.2, 0) is 14.9 Å². The lowest BCUT2D eigenvalue weighted by Crippen LogP contribution is -2.50. The highest BCUT2D eigenvalue weighted by atomic mass is 32.2. The highest BCUT2D eigenvalue weighted by molar-refractivity contribution is 7.87. The van der Waals surface area contributed by atoms with Crippen LogP contribution >= 0.6 is 0 Å². The number of ether oxygens (including phenoxy) is 1. The van der Waals surface area contributed by atoms with Gasteiger partial charge in [0.05, 0.1) is 18.9 Å². The highest BCUT2D eigenvalue weighted by Gasteiger charge is 2.32. The van der Waals surface area contributed by atoms with Crippen LogP contribution in [0.15, 0.2) is 18.5 Å². The van der Waals surface area contributed by atoms with Gasteiger partial charge in [-0.25, -0.2) is 9.07 Å². The topological polar surface area (TPSA) is 105 Å². The summed E-state index contributed by atoms with van der Waals surface area (Å²) in [5.41, 5.74) is 0.468. The first-order valence-electron chi connectivity index (χ1n) is 9.13. The second-order valence-corrected chi connectivity index (χ2v) is 8.61. The van der Waals surface area contributed by atoms with Gasteiger partial charge in [-0.2, -0.15) is 27.6 Å². The molecule has 0 atom stereocenters. The number of H-pyrrole nitrogens is 1. The standard InChI is InChI=1S/C16H23FN6O3S/c17-14-15(19-20-16(14)23-7-1-6-18-23)12-2-4-13(5-3-12)21-27(24,25)22-8-10-26-11-9-22/h1,6-7,12-13,21H,2-5,8-11H2,(H,19,20). The van der Waals surface area contributed by atoms with Gasteiger partial charge in [-0.15, -0.1) is 0 Å². The number of aromatic nitrogens is 4. The van der Waals surface area contributed by atoms with Crippen LogP contribution in [0.3, 0.4) is 0 Å². The Kier molecular flexibility index (Phi) is 5.26. The van der Waals surface area contributed by atoms with Crippen molar-refractivity contribution in [1.29, 1.82) is 0 Å². The number of rotatable bonds is 5. The summed E-state index contributed by atoms with van der Waals surface area (Å²) in [6.07, 6.45) is 5.90. The summed E-state index contributed by atoms with van der Waals surface area (Å²) in [5.74, 6) is -0.243. The quantitative estimate of drug-likeness (QED) is 0.780. The summed E-state index contributed by atoms with van der Waals surface area (Å²) in [5, 5.41) is 10.9. The number of nitrogens with one attached hydrogen (secondary N) is 2. The largest absolute Gasteiger partial charge is 0.379 e. The maximum absolute atomic E-state index is 14.7. The summed E-state index contributed by atoms with van der Waals surface area (Å²) in [4.78, 5) is 0. The number of hydrogen-bond acceptors (Lipinski definition) is 5. The number of aromatic amines is 1. The lowest BCUT2D eigenvalue weighted by Gasteiger charge is -2.32. The molecule has 2 aromatic rings. The van der Waals surface area contributed by atoms with Crippen molar-refractivity contribution in [3.63, 3.8) is 0 Å². The SMILES string of the molecule is O=S(=O)(NC1CCC(c2[nH]nc(-n3cccn3)c2F)CC1)N1CCOCC1. The van der Waals surface area contributed by atoms with E-state index in [0.717, 1.165) is 0 Å². The van der Waals surface area contributed by atoms with E-state index >= 15 is 0 Å². The van der Waals surface area contributed by atoms with Crippen LogP contribution in [0.5, 0.6) is 0 Å². The van der Waals surface area contributed by atoms with Crippen LogP contribution in [-0.4, -0.2) is 65.0 Å². The molecule has 2 fully saturated rings. The predicted molar refractivity (Wildman–Crippen MR) is 95.1 cm³/mol. The van der Waals surface area contributed by atoms with E-state index in [-0.39, 0.29) is 17.8 Å². The maximum atomic E-state index is 14.7. The molecule has 0 bridgehead atoms. The Morgan fingerprint density at radius 1 is 1.22 bits per heavy atom. The van der Waals surface area contributed by atoms with E-state index in [1.54, 1.807) is 18.5 Å². The molecule has 2 aromatic heterocycles. The minimum Gasteiger partial charge on any atom is -0.379 e. The van der Waals surface area contributed by atoms with Crippen molar-refractivity contribution in [2.75, 3.05) is 26.3 Å². The van der Waals surface area contributed by atoms with Crippen molar-refractivity contribution in [3.8, 4) is 5.82 Å². The highest BCUT2D eigenvalue weighted by Crippen LogP contribution is 2.34. The van der Waals surface area contributed by atoms with E-state index in [1.807, 2.05) is 0 Å². The second kappa shape index (κ2) is 7.66. The van der Waals surface area contributed by atoms with Gasteiger partial charge >= 0.3 is 0 Å². The van der Waals surface area contributed by atoms with Crippen molar-refractivity contribution >= 4 is 10.2 Å². The van der Waals surface area contributed by atoms with Crippen LogP contribution < -0.4 is 4.72 Å². The Morgan fingerprint density at radius 2 is 1.96 bits per heavy atom. The molecule has 9 nitrogen and oxygen atoms in total. The Hall–Kier alpha value is -1.82. The second-order valence-electron chi connectivity index (χ2n) is 6.91. The van der Waals surface area contributed by atoms with Gasteiger partial charge in [0.15, 0.2) is 5.82 Å². The average Bonchev–Trinajstić information content (AvgIpc) is 3.32. The fourth-order valence-electron chi connectivity index (χ4n) is 3.72. The molecular formula is C16H23FN6O3S. The zero-order chi connectivity index (χ0) is 18.9. The van der Waals surface area contributed by atoms with E-state index in [2.05, 4.69) is 20.0 Å². The minimum atomic E-state index is -3.50. The molecule has 1 aliphatic heterocycles. The van der Waals surface area contributed by atoms with Crippen LogP contribution in [0.2, 0.25) is 0 Å². The molecule has 148 valence electrons. The minimum absolute atomic E-state index is 0.00838. The smallest absolute Gasteiger partial charge is 0.279 e. The summed E-state index contributed by atoms with van der Waals surface area (Å²) in [6, 6.07) is 1.57. The third-order valence-electron chi connectivity index (χ3n) is 5.20. The molecule has 4 rings (SSSR count). The Balaban J connectivity index is 1.37. The lowest BCUT2D eigenvalue weighted by atomic mass is 9.84. The average molecular weight is 398 g/mol. The lowest BCUT2D eigenvalue weighted by molar-refractivity contribution is 0.0722. The van der Waals surface area contributed by atoms with Gasteiger partial charge in [0, 0.05) is 37.4 Å². The molecule has 27 heavy (non-hydrogen) atoms. The molecule has 11 heteroatoms. The molecule has 0 radical (unpaired) electrons. The maximum Gasteiger partial charge on any atom is 0.279 e. The van der Waals surface area contributed by atoms with E-state index in [9.17, 15) is 12.8 Å². The van der Waals surface area contributed by atoms with Gasteiger partial charge in [-0.1, -0.05) is 0 Å². The molecule has 1 aliphatic carbocycles. The number of nitrogens with zero attached hydrogens (tertiary/aromatic N) is 4. The number of morpholine rings is 1. The molecule has 0 amide bonds. The summed E-state index contributed by atoms with van der Waals surface area (Å²) >= 11 is 0. The molecule has 2 aliphatic rings. The molecule has 1 saturated heterocycles. The molecule has 0 aromatic carbocycles. The first kappa shape index (κ1) is 18.5.